The molecule has 0 saturated carbocycles. The molecule has 0 amide bonds. The molecular weight excluding hydrogens is 353 g/mol. The average molecular weight is 361 g/mol. The highest BCUT2D eigenvalue weighted by Crippen LogP contribution is 2.33. The van der Waals surface area contributed by atoms with Crippen molar-refractivity contribution in [2.24, 2.45) is 0 Å². The van der Waals surface area contributed by atoms with Crippen molar-refractivity contribution >= 4 is 58.2 Å². The van der Waals surface area contributed by atoms with E-state index in [1.54, 1.807) is 29.9 Å². The number of pyridine rings is 1. The van der Waals surface area contributed by atoms with E-state index in [2.05, 4.69) is 9.97 Å². The Labute approximate surface area is 140 Å². The van der Waals surface area contributed by atoms with Gasteiger partial charge in [0.05, 0.1) is 33.4 Å². The van der Waals surface area contributed by atoms with Crippen LogP contribution in [0, 0.1) is 4.77 Å². The van der Waals surface area contributed by atoms with Gasteiger partial charge in [-0.15, -0.1) is 0 Å². The van der Waals surface area contributed by atoms with E-state index >= 15 is 0 Å². The molecule has 0 atom stereocenters. The number of hydrogen-bond donors (Lipinski definition) is 1. The summed E-state index contributed by atoms with van der Waals surface area (Å²) in [5.41, 5.74) is 1.96. The number of ether oxygens (including phenoxy) is 1. The molecule has 0 fully saturated rings. The summed E-state index contributed by atoms with van der Waals surface area (Å²) in [5, 5.41) is 1.18. The maximum Gasteiger partial charge on any atom is 0.215 e. The first kappa shape index (κ1) is 14.7. The van der Waals surface area contributed by atoms with Gasteiger partial charge in [-0.2, -0.15) is 4.98 Å². The number of halogens is 3. The van der Waals surface area contributed by atoms with Gasteiger partial charge in [-0.05, 0) is 30.4 Å². The van der Waals surface area contributed by atoms with E-state index < -0.39 is 0 Å². The zero-order valence-corrected chi connectivity index (χ0v) is 13.7. The Kier molecular flexibility index (Phi) is 3.84. The minimum Gasteiger partial charge on any atom is -0.481 e. The Balaban J connectivity index is 2.36. The van der Waals surface area contributed by atoms with E-state index in [1.165, 1.54) is 0 Å². The Bertz CT molecular complexity index is 904. The van der Waals surface area contributed by atoms with Crippen molar-refractivity contribution in [3.8, 4) is 11.6 Å². The largest absolute Gasteiger partial charge is 0.481 e. The van der Waals surface area contributed by atoms with E-state index in [4.69, 9.17) is 51.8 Å². The fourth-order valence-electron chi connectivity index (χ4n) is 1.99. The lowest BCUT2D eigenvalue weighted by atomic mass is 10.3. The lowest BCUT2D eigenvalue weighted by Crippen LogP contribution is -1.98. The minimum absolute atomic E-state index is 0.377. The van der Waals surface area contributed by atoms with Crippen LogP contribution >= 0.6 is 47.0 Å². The first-order valence-electron chi connectivity index (χ1n) is 5.82. The minimum atomic E-state index is 0.377. The molecule has 0 bridgehead atoms. The lowest BCUT2D eigenvalue weighted by molar-refractivity contribution is 0.399. The highest BCUT2D eigenvalue weighted by atomic mass is 35.5. The summed E-state index contributed by atoms with van der Waals surface area (Å²) in [4.78, 5) is 7.46. The molecular formula is C13H8Cl3N3OS. The SMILES string of the molecule is COc1ccc2[nH]c(=S)n(-c3cc(Cl)c(Cl)cc3Cl)c2n1. The third-order valence-corrected chi connectivity index (χ3v) is 4.26. The van der Waals surface area contributed by atoms with Crippen LogP contribution in [0.3, 0.4) is 0 Å². The molecule has 1 aromatic carbocycles. The number of rotatable bonds is 2. The standard InChI is InChI=1S/C13H8Cl3N3OS/c1-20-11-3-2-9-12(18-11)19(13(21)17-9)10-5-7(15)6(14)4-8(10)16/h2-5H,1H3,(H,17,21). The van der Waals surface area contributed by atoms with Crippen LogP contribution in [0.25, 0.3) is 16.9 Å². The van der Waals surface area contributed by atoms with E-state index in [-0.39, 0.29) is 0 Å². The fraction of sp³-hybridized carbons (Fsp3) is 0.0769. The third-order valence-electron chi connectivity index (χ3n) is 2.95. The molecule has 3 rings (SSSR count). The summed E-state index contributed by atoms with van der Waals surface area (Å²) in [6.45, 7) is 0. The summed E-state index contributed by atoms with van der Waals surface area (Å²) in [5.74, 6) is 0.474. The molecule has 0 aliphatic rings. The molecule has 0 radical (unpaired) electrons. The highest BCUT2D eigenvalue weighted by Gasteiger charge is 2.14. The molecule has 2 heterocycles. The number of aromatic amines is 1. The molecule has 4 nitrogen and oxygen atoms in total. The predicted octanol–water partition coefficient (Wildman–Crippen LogP) is 5.05. The number of hydrogen-bond acceptors (Lipinski definition) is 3. The lowest BCUT2D eigenvalue weighted by Gasteiger charge is -2.08. The second kappa shape index (κ2) is 5.50. The topological polar surface area (TPSA) is 42.8 Å². The summed E-state index contributed by atoms with van der Waals surface area (Å²) >= 11 is 23.6. The predicted molar refractivity (Wildman–Crippen MR) is 87.8 cm³/mol. The van der Waals surface area contributed by atoms with Gasteiger partial charge in [-0.3, -0.25) is 4.57 Å². The van der Waals surface area contributed by atoms with Crippen LogP contribution in [-0.2, 0) is 0 Å². The van der Waals surface area contributed by atoms with Crippen molar-refractivity contribution in [1.82, 2.24) is 14.5 Å². The summed E-state index contributed by atoms with van der Waals surface area (Å²) in [7, 11) is 1.55. The van der Waals surface area contributed by atoms with Crippen LogP contribution in [0.2, 0.25) is 15.1 Å². The number of H-pyrrole nitrogens is 1. The molecule has 0 spiro atoms. The van der Waals surface area contributed by atoms with Crippen molar-refractivity contribution in [1.29, 1.82) is 0 Å². The number of fused-ring (bicyclic) bond motifs is 1. The van der Waals surface area contributed by atoms with Gasteiger partial charge in [0.1, 0.15) is 0 Å². The second-order valence-electron chi connectivity index (χ2n) is 4.21. The Morgan fingerprint density at radius 2 is 1.86 bits per heavy atom. The van der Waals surface area contributed by atoms with E-state index in [0.29, 0.717) is 37.1 Å². The molecule has 0 aliphatic heterocycles. The first-order chi connectivity index (χ1) is 10.0. The fourth-order valence-corrected chi connectivity index (χ4v) is 2.91. The van der Waals surface area contributed by atoms with Crippen molar-refractivity contribution in [3.63, 3.8) is 0 Å². The van der Waals surface area contributed by atoms with Gasteiger partial charge < -0.3 is 9.72 Å². The van der Waals surface area contributed by atoms with Crippen LogP contribution < -0.4 is 4.74 Å². The molecule has 0 saturated heterocycles. The van der Waals surface area contributed by atoms with Crippen LogP contribution in [0.5, 0.6) is 5.88 Å². The van der Waals surface area contributed by atoms with Crippen LogP contribution in [-0.4, -0.2) is 21.6 Å². The van der Waals surface area contributed by atoms with Gasteiger partial charge in [-0.1, -0.05) is 34.8 Å². The Morgan fingerprint density at radius 3 is 2.57 bits per heavy atom. The zero-order valence-electron chi connectivity index (χ0n) is 10.7. The van der Waals surface area contributed by atoms with Crippen molar-refractivity contribution in [3.05, 3.63) is 44.1 Å². The molecule has 8 heteroatoms. The van der Waals surface area contributed by atoms with Gasteiger partial charge in [0.25, 0.3) is 0 Å². The molecule has 108 valence electrons. The molecule has 2 aromatic heterocycles. The monoisotopic (exact) mass is 359 g/mol. The first-order valence-corrected chi connectivity index (χ1v) is 7.36. The van der Waals surface area contributed by atoms with Gasteiger partial charge in [-0.25, -0.2) is 0 Å². The smallest absolute Gasteiger partial charge is 0.215 e. The summed E-state index contributed by atoms with van der Waals surface area (Å²) in [6.07, 6.45) is 0. The summed E-state index contributed by atoms with van der Waals surface area (Å²) in [6, 6.07) is 6.80. The number of nitrogens with zero attached hydrogens (tertiary/aromatic N) is 2. The van der Waals surface area contributed by atoms with Gasteiger partial charge >= 0.3 is 0 Å². The third kappa shape index (κ3) is 2.51. The molecule has 1 N–H and O–H groups in total. The molecule has 3 aromatic rings. The van der Waals surface area contributed by atoms with Crippen LogP contribution in [0.15, 0.2) is 24.3 Å². The molecule has 0 aliphatic carbocycles. The number of methoxy groups -OCH3 is 1. The summed E-state index contributed by atoms with van der Waals surface area (Å²) < 4.78 is 7.29. The van der Waals surface area contributed by atoms with E-state index in [0.717, 1.165) is 5.52 Å². The molecule has 0 unspecified atom stereocenters. The van der Waals surface area contributed by atoms with Crippen LogP contribution in [0.4, 0.5) is 0 Å². The van der Waals surface area contributed by atoms with Gasteiger partial charge in [0.15, 0.2) is 10.4 Å². The maximum atomic E-state index is 6.26. The normalized spacial score (nSPS) is 11.0. The second-order valence-corrected chi connectivity index (χ2v) is 5.82. The van der Waals surface area contributed by atoms with Crippen molar-refractivity contribution in [2.75, 3.05) is 7.11 Å². The number of aromatic nitrogens is 3. The van der Waals surface area contributed by atoms with Gasteiger partial charge in [0, 0.05) is 6.07 Å². The number of benzene rings is 1. The number of nitrogens with one attached hydrogen (secondary N) is 1. The zero-order chi connectivity index (χ0) is 15.1. The highest BCUT2D eigenvalue weighted by molar-refractivity contribution is 7.71. The quantitative estimate of drug-likeness (QED) is 0.513. The van der Waals surface area contributed by atoms with E-state index in [9.17, 15) is 0 Å². The van der Waals surface area contributed by atoms with Crippen LogP contribution in [0.1, 0.15) is 0 Å². The van der Waals surface area contributed by atoms with Crippen molar-refractivity contribution < 1.29 is 4.74 Å². The van der Waals surface area contributed by atoms with E-state index in [1.807, 2.05) is 6.07 Å². The number of imidazole rings is 1. The van der Waals surface area contributed by atoms with Crippen molar-refractivity contribution in [2.45, 2.75) is 0 Å². The van der Waals surface area contributed by atoms with Gasteiger partial charge in [0.2, 0.25) is 5.88 Å². The Morgan fingerprint density at radius 1 is 1.14 bits per heavy atom. The molecule has 21 heavy (non-hydrogen) atoms. The Hall–Kier alpha value is -1.27. The maximum absolute atomic E-state index is 6.26. The average Bonchev–Trinajstić information content (AvgIpc) is 2.78.